The summed E-state index contributed by atoms with van der Waals surface area (Å²) in [6, 6.07) is 11.0. The lowest BCUT2D eigenvalue weighted by Crippen LogP contribution is -2.37. The molecule has 0 fully saturated rings. The van der Waals surface area contributed by atoms with Crippen LogP contribution in [0.15, 0.2) is 79.8 Å². The van der Waals surface area contributed by atoms with Crippen molar-refractivity contribution in [2.24, 2.45) is 0 Å². The SMILES string of the molecule is CCSCCOC(=O)C1=C(C)NC2=C(C(=O)C[C@H](c3cccs3)C2)[C@H]1c1coc2ccccc2c1=O. The Bertz CT molecular complexity index is 1430. The highest BCUT2D eigenvalue weighted by Crippen LogP contribution is 2.45. The molecule has 0 saturated heterocycles. The van der Waals surface area contributed by atoms with Crippen LogP contribution >= 0.6 is 23.1 Å². The number of carbonyl (C=O) groups is 2. The lowest BCUT2D eigenvalue weighted by atomic mass is 9.73. The number of thiophene rings is 1. The van der Waals surface area contributed by atoms with Gasteiger partial charge in [0.1, 0.15) is 12.2 Å². The van der Waals surface area contributed by atoms with Gasteiger partial charge in [-0.05, 0) is 42.7 Å². The molecule has 0 radical (unpaired) electrons. The van der Waals surface area contributed by atoms with E-state index < -0.39 is 11.9 Å². The largest absolute Gasteiger partial charge is 0.464 e. The van der Waals surface area contributed by atoms with Gasteiger partial charge >= 0.3 is 5.97 Å². The maximum absolute atomic E-state index is 13.7. The summed E-state index contributed by atoms with van der Waals surface area (Å²) in [6.07, 6.45) is 2.35. The third kappa shape index (κ3) is 4.55. The standard InChI is InChI=1S/C28H27NO5S2/c1-3-35-12-10-33-28(32)24-16(2)29-20-13-17(23-9-6-11-36-23)14-21(30)26(20)25(24)19-15-34-22-8-5-4-7-18(22)27(19)31/h4-9,11,15,17,25,29H,3,10,12-14H2,1-2H3/t17-,25+/m1/s1. The number of esters is 1. The molecule has 3 aromatic rings. The minimum atomic E-state index is -0.842. The monoisotopic (exact) mass is 521 g/mol. The zero-order chi connectivity index (χ0) is 25.2. The van der Waals surface area contributed by atoms with Gasteiger partial charge in [-0.15, -0.1) is 11.3 Å². The van der Waals surface area contributed by atoms with Crippen molar-refractivity contribution in [1.82, 2.24) is 5.32 Å². The fourth-order valence-corrected chi connectivity index (χ4v) is 6.37. The molecule has 0 unspecified atom stereocenters. The first-order valence-electron chi connectivity index (χ1n) is 12.0. The molecule has 2 aromatic heterocycles. The zero-order valence-corrected chi connectivity index (χ0v) is 21.8. The highest BCUT2D eigenvalue weighted by molar-refractivity contribution is 7.99. The molecule has 0 saturated carbocycles. The third-order valence-electron chi connectivity index (χ3n) is 6.68. The maximum atomic E-state index is 13.7. The van der Waals surface area contributed by atoms with Crippen LogP contribution in [0, 0.1) is 0 Å². The molecule has 5 rings (SSSR count). The van der Waals surface area contributed by atoms with E-state index in [0.717, 1.165) is 16.3 Å². The Labute approximate surface area is 217 Å². The predicted octanol–water partition coefficient (Wildman–Crippen LogP) is 5.51. The van der Waals surface area contributed by atoms with E-state index in [1.54, 1.807) is 54.3 Å². The van der Waals surface area contributed by atoms with E-state index in [1.807, 2.05) is 24.4 Å². The molecule has 8 heteroatoms. The summed E-state index contributed by atoms with van der Waals surface area (Å²) in [7, 11) is 0. The fourth-order valence-electron chi connectivity index (χ4n) is 5.05. The van der Waals surface area contributed by atoms with E-state index in [-0.39, 0.29) is 29.3 Å². The lowest BCUT2D eigenvalue weighted by Gasteiger charge is -2.36. The maximum Gasteiger partial charge on any atom is 0.336 e. The average molecular weight is 522 g/mol. The highest BCUT2D eigenvalue weighted by atomic mass is 32.2. The smallest absolute Gasteiger partial charge is 0.336 e. The molecule has 0 spiro atoms. The highest BCUT2D eigenvalue weighted by Gasteiger charge is 2.43. The van der Waals surface area contributed by atoms with Crippen LogP contribution in [0.25, 0.3) is 11.0 Å². The Hall–Kier alpha value is -3.10. The van der Waals surface area contributed by atoms with E-state index in [9.17, 15) is 14.4 Å². The molecule has 1 aliphatic carbocycles. The van der Waals surface area contributed by atoms with E-state index >= 15 is 0 Å². The summed E-state index contributed by atoms with van der Waals surface area (Å²) in [4.78, 5) is 41.8. The van der Waals surface area contributed by atoms with Gasteiger partial charge in [-0.3, -0.25) is 9.59 Å². The number of Topliss-reactive ketones (excluding diaryl/α,β-unsaturated/α-hetero) is 1. The van der Waals surface area contributed by atoms with Crippen molar-refractivity contribution in [2.45, 2.75) is 38.5 Å². The van der Waals surface area contributed by atoms with Crippen LogP contribution in [-0.2, 0) is 14.3 Å². The second-order valence-electron chi connectivity index (χ2n) is 8.88. The van der Waals surface area contributed by atoms with Crippen LogP contribution in [0.1, 0.15) is 49.0 Å². The molecular formula is C28H27NO5S2. The quantitative estimate of drug-likeness (QED) is 0.324. The van der Waals surface area contributed by atoms with Gasteiger partial charge < -0.3 is 14.5 Å². The summed E-state index contributed by atoms with van der Waals surface area (Å²) < 4.78 is 11.4. The molecule has 3 heterocycles. The second kappa shape index (κ2) is 10.5. The van der Waals surface area contributed by atoms with Gasteiger partial charge in [0.15, 0.2) is 11.2 Å². The molecule has 1 aromatic carbocycles. The summed E-state index contributed by atoms with van der Waals surface area (Å²) in [5.41, 5.74) is 2.61. The Kier molecular flexibility index (Phi) is 7.16. The van der Waals surface area contributed by atoms with Crippen molar-refractivity contribution in [1.29, 1.82) is 0 Å². The van der Waals surface area contributed by atoms with Crippen LogP contribution < -0.4 is 10.7 Å². The number of ether oxygens (including phenoxy) is 1. The van der Waals surface area contributed by atoms with Crippen LogP contribution in [0.2, 0.25) is 0 Å². The van der Waals surface area contributed by atoms with E-state index in [0.29, 0.717) is 46.4 Å². The minimum Gasteiger partial charge on any atom is -0.464 e. The molecule has 2 atom stereocenters. The third-order valence-corrected chi connectivity index (χ3v) is 8.57. The Morgan fingerprint density at radius 2 is 2.03 bits per heavy atom. The number of hydrogen-bond donors (Lipinski definition) is 1. The van der Waals surface area contributed by atoms with Gasteiger partial charge in [-0.1, -0.05) is 25.1 Å². The minimum absolute atomic E-state index is 0.0600. The van der Waals surface area contributed by atoms with Crippen LogP contribution in [-0.4, -0.2) is 29.9 Å². The number of fused-ring (bicyclic) bond motifs is 1. The first-order valence-corrected chi connectivity index (χ1v) is 14.1. The van der Waals surface area contributed by atoms with Gasteiger partial charge in [0.2, 0.25) is 0 Å². The number of para-hydroxylation sites is 1. The lowest BCUT2D eigenvalue weighted by molar-refractivity contribution is -0.138. The predicted molar refractivity (Wildman–Crippen MR) is 143 cm³/mol. The molecule has 0 amide bonds. The van der Waals surface area contributed by atoms with Gasteiger partial charge in [-0.2, -0.15) is 11.8 Å². The summed E-state index contributed by atoms with van der Waals surface area (Å²) in [5, 5.41) is 5.76. The molecule has 2 aliphatic rings. The number of benzene rings is 1. The number of allylic oxidation sites excluding steroid dienone is 3. The molecule has 186 valence electrons. The first kappa shape index (κ1) is 24.6. The van der Waals surface area contributed by atoms with E-state index in [4.69, 9.17) is 9.15 Å². The molecule has 1 N–H and O–H groups in total. The van der Waals surface area contributed by atoms with Gasteiger partial charge in [0.25, 0.3) is 0 Å². The number of rotatable bonds is 7. The van der Waals surface area contributed by atoms with Gasteiger partial charge in [-0.25, -0.2) is 4.79 Å². The topological polar surface area (TPSA) is 85.6 Å². The second-order valence-corrected chi connectivity index (χ2v) is 11.3. The molecule has 36 heavy (non-hydrogen) atoms. The molecule has 6 nitrogen and oxygen atoms in total. The van der Waals surface area contributed by atoms with Crippen LogP contribution in [0.5, 0.6) is 0 Å². The number of thioether (sulfide) groups is 1. The first-order chi connectivity index (χ1) is 17.5. The summed E-state index contributed by atoms with van der Waals surface area (Å²) >= 11 is 3.32. The van der Waals surface area contributed by atoms with Crippen LogP contribution in [0.3, 0.4) is 0 Å². The average Bonchev–Trinajstić information content (AvgIpc) is 3.41. The molecular weight excluding hydrogens is 494 g/mol. The summed E-state index contributed by atoms with van der Waals surface area (Å²) in [5.74, 6) is 0.237. The van der Waals surface area contributed by atoms with Crippen LogP contribution in [0.4, 0.5) is 0 Å². The summed E-state index contributed by atoms with van der Waals surface area (Å²) in [6.45, 7) is 4.11. The fraction of sp³-hybridized carbons (Fsp3) is 0.321. The number of dihydropyridines is 1. The Morgan fingerprint density at radius 3 is 2.81 bits per heavy atom. The molecule has 0 bridgehead atoms. The zero-order valence-electron chi connectivity index (χ0n) is 20.2. The van der Waals surface area contributed by atoms with Crippen molar-refractivity contribution in [3.63, 3.8) is 0 Å². The Balaban J connectivity index is 1.61. The Morgan fingerprint density at radius 1 is 1.19 bits per heavy atom. The number of carbonyl (C=O) groups excluding carboxylic acids is 2. The van der Waals surface area contributed by atoms with Gasteiger partial charge in [0, 0.05) is 45.5 Å². The number of hydrogen-bond acceptors (Lipinski definition) is 8. The number of nitrogens with one attached hydrogen (secondary N) is 1. The number of ketones is 1. The van der Waals surface area contributed by atoms with E-state index in [2.05, 4.69) is 5.32 Å². The van der Waals surface area contributed by atoms with Crippen molar-refractivity contribution >= 4 is 45.8 Å². The van der Waals surface area contributed by atoms with E-state index in [1.165, 1.54) is 6.26 Å². The van der Waals surface area contributed by atoms with Crippen molar-refractivity contribution in [2.75, 3.05) is 18.1 Å². The normalized spacial score (nSPS) is 19.9. The van der Waals surface area contributed by atoms with Crippen molar-refractivity contribution in [3.05, 3.63) is 91.2 Å². The molecule has 1 aliphatic heterocycles. The van der Waals surface area contributed by atoms with Crippen molar-refractivity contribution in [3.8, 4) is 0 Å². The van der Waals surface area contributed by atoms with Gasteiger partial charge in [0.05, 0.1) is 23.1 Å². The van der Waals surface area contributed by atoms with Crippen molar-refractivity contribution < 1.29 is 18.7 Å².